The second-order valence-electron chi connectivity index (χ2n) is 3.61. The van der Waals surface area contributed by atoms with Gasteiger partial charge in [0.1, 0.15) is 18.3 Å². The summed E-state index contributed by atoms with van der Waals surface area (Å²) in [7, 11) is 0. The lowest BCUT2D eigenvalue weighted by atomic mass is 10.0. The number of hydrogen-bond donors (Lipinski definition) is 4. The molecule has 0 amide bonds. The Labute approximate surface area is 89.4 Å². The van der Waals surface area contributed by atoms with Crippen molar-refractivity contribution in [2.24, 2.45) is 0 Å². The molecule has 0 fully saturated rings. The van der Waals surface area contributed by atoms with Crippen LogP contribution in [0, 0.1) is 0 Å². The second-order valence-corrected chi connectivity index (χ2v) is 3.61. The summed E-state index contributed by atoms with van der Waals surface area (Å²) < 4.78 is 0. The molecule has 90 valence electrons. The van der Waals surface area contributed by atoms with Gasteiger partial charge in [0.05, 0.1) is 6.61 Å². The normalized spacial score (nSPS) is 17.1. The summed E-state index contributed by atoms with van der Waals surface area (Å²) in [6.45, 7) is 1.31. The predicted octanol–water partition coefficient (Wildman–Crippen LogP) is -0.789. The summed E-state index contributed by atoms with van der Waals surface area (Å²) in [4.78, 5) is 11.3. The van der Waals surface area contributed by atoms with Crippen molar-refractivity contribution in [1.29, 1.82) is 0 Å². The van der Waals surface area contributed by atoms with Crippen molar-refractivity contribution >= 4 is 5.78 Å². The lowest BCUT2D eigenvalue weighted by Gasteiger charge is -2.20. The minimum Gasteiger partial charge on any atom is -0.394 e. The standard InChI is InChI=1S/C10H20O5/c1-2-3-4-5-7(12)9(14)10(15)8(13)6-11/h8-11,13-15H,2-6H2,1H3. The predicted molar refractivity (Wildman–Crippen MR) is 54.3 cm³/mol. The number of hydrogen-bond acceptors (Lipinski definition) is 5. The van der Waals surface area contributed by atoms with E-state index in [-0.39, 0.29) is 6.42 Å². The molecular weight excluding hydrogens is 200 g/mol. The Hall–Kier alpha value is -0.490. The van der Waals surface area contributed by atoms with Gasteiger partial charge in [0.15, 0.2) is 5.78 Å². The van der Waals surface area contributed by atoms with Gasteiger partial charge in [-0.05, 0) is 6.42 Å². The SMILES string of the molecule is CCCCCC(=O)C(O)C(O)C(O)CO. The Bertz CT molecular complexity index is 183. The van der Waals surface area contributed by atoms with E-state index in [2.05, 4.69) is 0 Å². The molecule has 0 aliphatic rings. The molecule has 0 aliphatic heterocycles. The monoisotopic (exact) mass is 220 g/mol. The highest BCUT2D eigenvalue weighted by Crippen LogP contribution is 2.07. The molecule has 5 nitrogen and oxygen atoms in total. The number of unbranched alkanes of at least 4 members (excludes halogenated alkanes) is 2. The van der Waals surface area contributed by atoms with E-state index in [1.165, 1.54) is 0 Å². The molecule has 0 rings (SSSR count). The van der Waals surface area contributed by atoms with Crippen LogP contribution in [0.1, 0.15) is 32.6 Å². The van der Waals surface area contributed by atoms with Crippen molar-refractivity contribution in [3.63, 3.8) is 0 Å². The van der Waals surface area contributed by atoms with Gasteiger partial charge >= 0.3 is 0 Å². The van der Waals surface area contributed by atoms with E-state index in [0.29, 0.717) is 6.42 Å². The van der Waals surface area contributed by atoms with Crippen LogP contribution >= 0.6 is 0 Å². The maximum atomic E-state index is 11.3. The van der Waals surface area contributed by atoms with Gasteiger partial charge in [-0.1, -0.05) is 19.8 Å². The number of rotatable bonds is 8. The van der Waals surface area contributed by atoms with Crippen molar-refractivity contribution in [2.45, 2.75) is 50.9 Å². The van der Waals surface area contributed by atoms with Gasteiger partial charge in [-0.25, -0.2) is 0 Å². The Morgan fingerprint density at radius 2 is 1.80 bits per heavy atom. The lowest BCUT2D eigenvalue weighted by Crippen LogP contribution is -2.43. The van der Waals surface area contributed by atoms with Gasteiger partial charge < -0.3 is 20.4 Å². The van der Waals surface area contributed by atoms with Crippen LogP contribution in [0.15, 0.2) is 0 Å². The van der Waals surface area contributed by atoms with E-state index >= 15 is 0 Å². The fourth-order valence-corrected chi connectivity index (χ4v) is 1.21. The van der Waals surface area contributed by atoms with Crippen LogP contribution in [0.2, 0.25) is 0 Å². The lowest BCUT2D eigenvalue weighted by molar-refractivity contribution is -0.140. The molecule has 0 saturated carbocycles. The van der Waals surface area contributed by atoms with Crippen molar-refractivity contribution < 1.29 is 25.2 Å². The Morgan fingerprint density at radius 3 is 2.27 bits per heavy atom. The average molecular weight is 220 g/mol. The number of aliphatic hydroxyl groups excluding tert-OH is 4. The van der Waals surface area contributed by atoms with Gasteiger partial charge in [0.2, 0.25) is 0 Å². The van der Waals surface area contributed by atoms with Gasteiger partial charge in [-0.2, -0.15) is 0 Å². The fraction of sp³-hybridized carbons (Fsp3) is 0.900. The van der Waals surface area contributed by atoms with Crippen molar-refractivity contribution in [3.8, 4) is 0 Å². The third-order valence-corrected chi connectivity index (χ3v) is 2.26. The summed E-state index contributed by atoms with van der Waals surface area (Å²) in [6.07, 6.45) is -2.00. The van der Waals surface area contributed by atoms with E-state index in [1.807, 2.05) is 6.92 Å². The first-order chi connectivity index (χ1) is 7.04. The minimum absolute atomic E-state index is 0.185. The largest absolute Gasteiger partial charge is 0.394 e. The van der Waals surface area contributed by atoms with Gasteiger partial charge in [0.25, 0.3) is 0 Å². The zero-order chi connectivity index (χ0) is 11.8. The van der Waals surface area contributed by atoms with E-state index in [0.717, 1.165) is 12.8 Å². The third-order valence-electron chi connectivity index (χ3n) is 2.26. The van der Waals surface area contributed by atoms with E-state index in [4.69, 9.17) is 10.2 Å². The van der Waals surface area contributed by atoms with Gasteiger partial charge in [-0.3, -0.25) is 4.79 Å². The number of carbonyl (C=O) groups is 1. The Kier molecular flexibility index (Phi) is 7.50. The van der Waals surface area contributed by atoms with Crippen LogP contribution in [0.4, 0.5) is 0 Å². The first kappa shape index (κ1) is 14.5. The van der Waals surface area contributed by atoms with E-state index in [9.17, 15) is 15.0 Å². The first-order valence-corrected chi connectivity index (χ1v) is 5.22. The molecule has 0 aromatic rings. The van der Waals surface area contributed by atoms with Crippen LogP contribution in [-0.2, 0) is 4.79 Å². The van der Waals surface area contributed by atoms with Crippen LogP contribution in [0.25, 0.3) is 0 Å². The third kappa shape index (κ3) is 5.22. The number of carbonyl (C=O) groups excluding carboxylic acids is 1. The zero-order valence-corrected chi connectivity index (χ0v) is 8.96. The summed E-state index contributed by atoms with van der Waals surface area (Å²) >= 11 is 0. The molecule has 0 aliphatic carbocycles. The summed E-state index contributed by atoms with van der Waals surface area (Å²) in [5.74, 6) is -0.497. The molecule has 0 aromatic heterocycles. The van der Waals surface area contributed by atoms with Crippen LogP contribution < -0.4 is 0 Å². The minimum atomic E-state index is -1.61. The summed E-state index contributed by atoms with van der Waals surface area (Å²) in [5.41, 5.74) is 0. The molecule has 0 saturated heterocycles. The van der Waals surface area contributed by atoms with Crippen LogP contribution in [0.3, 0.4) is 0 Å². The van der Waals surface area contributed by atoms with Gasteiger partial charge in [0, 0.05) is 6.42 Å². The summed E-state index contributed by atoms with van der Waals surface area (Å²) in [6, 6.07) is 0. The molecule has 15 heavy (non-hydrogen) atoms. The number of ketones is 1. The van der Waals surface area contributed by atoms with E-state index in [1.54, 1.807) is 0 Å². The molecule has 5 heteroatoms. The van der Waals surface area contributed by atoms with Crippen LogP contribution in [-0.4, -0.2) is 51.1 Å². The molecule has 0 bridgehead atoms. The average Bonchev–Trinajstić information content (AvgIpc) is 2.26. The van der Waals surface area contributed by atoms with E-state index < -0.39 is 30.7 Å². The Morgan fingerprint density at radius 1 is 1.20 bits per heavy atom. The maximum Gasteiger partial charge on any atom is 0.164 e. The van der Waals surface area contributed by atoms with Crippen LogP contribution in [0.5, 0.6) is 0 Å². The molecule has 0 radical (unpaired) electrons. The molecule has 0 aromatic carbocycles. The smallest absolute Gasteiger partial charge is 0.164 e. The number of Topliss-reactive ketones (excluding diaryl/α,β-unsaturated/α-hetero) is 1. The fourth-order valence-electron chi connectivity index (χ4n) is 1.21. The molecule has 3 unspecified atom stereocenters. The Balaban J connectivity index is 3.96. The molecular formula is C10H20O5. The topological polar surface area (TPSA) is 98.0 Å². The molecule has 4 N–H and O–H groups in total. The number of aliphatic hydroxyl groups is 4. The molecule has 3 atom stereocenters. The summed E-state index contributed by atoms with van der Waals surface area (Å²) in [5, 5.41) is 36.1. The highest BCUT2D eigenvalue weighted by molar-refractivity contribution is 5.83. The maximum absolute atomic E-state index is 11.3. The van der Waals surface area contributed by atoms with Crippen molar-refractivity contribution in [1.82, 2.24) is 0 Å². The highest BCUT2D eigenvalue weighted by atomic mass is 16.4. The molecule has 0 spiro atoms. The molecule has 0 heterocycles. The highest BCUT2D eigenvalue weighted by Gasteiger charge is 2.28. The quantitative estimate of drug-likeness (QED) is 0.402. The van der Waals surface area contributed by atoms with Crippen molar-refractivity contribution in [2.75, 3.05) is 6.61 Å². The zero-order valence-electron chi connectivity index (χ0n) is 8.96. The first-order valence-electron chi connectivity index (χ1n) is 5.22. The van der Waals surface area contributed by atoms with Gasteiger partial charge in [-0.15, -0.1) is 0 Å². The van der Waals surface area contributed by atoms with Crippen molar-refractivity contribution in [3.05, 3.63) is 0 Å². The second kappa shape index (κ2) is 7.76.